The molecule has 0 unspecified atom stereocenters. The van der Waals surface area contributed by atoms with Crippen LogP contribution in [0.4, 0.5) is 5.69 Å². The van der Waals surface area contributed by atoms with Crippen molar-refractivity contribution in [2.24, 2.45) is 5.92 Å². The van der Waals surface area contributed by atoms with Crippen LogP contribution >= 0.6 is 0 Å². The fraction of sp³-hybridized carbons (Fsp3) is 0.529. The number of para-hydroxylation sites is 1. The Hall–Kier alpha value is -1.64. The van der Waals surface area contributed by atoms with Crippen molar-refractivity contribution < 1.29 is 9.59 Å². The molecule has 3 heteroatoms. The summed E-state index contributed by atoms with van der Waals surface area (Å²) >= 11 is 0. The largest absolute Gasteiger partial charge is 0.326 e. The lowest BCUT2D eigenvalue weighted by molar-refractivity contribution is -0.121. The molecule has 0 spiro atoms. The van der Waals surface area contributed by atoms with Gasteiger partial charge in [0, 0.05) is 24.4 Å². The number of unbranched alkanes of at least 4 members (excludes halogenated alkanes) is 2. The Morgan fingerprint density at radius 2 is 1.95 bits per heavy atom. The Balaban J connectivity index is 1.54. The van der Waals surface area contributed by atoms with Gasteiger partial charge >= 0.3 is 0 Å². The number of rotatable bonds is 7. The zero-order valence-electron chi connectivity index (χ0n) is 11.9. The van der Waals surface area contributed by atoms with Gasteiger partial charge in [-0.05, 0) is 37.8 Å². The molecule has 2 rings (SSSR count). The predicted molar refractivity (Wildman–Crippen MR) is 80.5 cm³/mol. The first-order chi connectivity index (χ1) is 9.75. The number of amides is 1. The number of carbonyl (C=O) groups excluding carboxylic acids is 2. The maximum absolute atomic E-state index is 11.7. The van der Waals surface area contributed by atoms with E-state index < -0.39 is 0 Å². The highest BCUT2D eigenvalue weighted by Gasteiger charge is 2.23. The summed E-state index contributed by atoms with van der Waals surface area (Å²) in [6, 6.07) is 9.54. The zero-order chi connectivity index (χ0) is 14.2. The maximum atomic E-state index is 11.7. The lowest BCUT2D eigenvalue weighted by Gasteiger charge is -2.07. The Bertz CT molecular complexity index is 442. The molecule has 20 heavy (non-hydrogen) atoms. The van der Waals surface area contributed by atoms with Crippen LogP contribution in [0.3, 0.4) is 0 Å². The van der Waals surface area contributed by atoms with Crippen molar-refractivity contribution in [3.63, 3.8) is 0 Å². The van der Waals surface area contributed by atoms with Crippen LogP contribution in [-0.4, -0.2) is 11.7 Å². The van der Waals surface area contributed by atoms with E-state index >= 15 is 0 Å². The minimum Gasteiger partial charge on any atom is -0.326 e. The molecule has 0 bridgehead atoms. The molecule has 0 heterocycles. The summed E-state index contributed by atoms with van der Waals surface area (Å²) in [6.45, 7) is 0. The van der Waals surface area contributed by atoms with Crippen LogP contribution in [0.15, 0.2) is 30.3 Å². The molecule has 1 aliphatic carbocycles. The Labute approximate surface area is 120 Å². The van der Waals surface area contributed by atoms with Gasteiger partial charge in [0.1, 0.15) is 5.78 Å². The van der Waals surface area contributed by atoms with Crippen LogP contribution in [0.5, 0.6) is 0 Å². The first-order valence-electron chi connectivity index (χ1n) is 7.63. The Kier molecular flexibility index (Phi) is 5.78. The maximum Gasteiger partial charge on any atom is 0.224 e. The quantitative estimate of drug-likeness (QED) is 0.765. The van der Waals surface area contributed by atoms with E-state index in [1.165, 1.54) is 0 Å². The summed E-state index contributed by atoms with van der Waals surface area (Å²) < 4.78 is 0. The minimum atomic E-state index is 0.0770. The van der Waals surface area contributed by atoms with Crippen molar-refractivity contribution in [1.29, 1.82) is 0 Å². The van der Waals surface area contributed by atoms with E-state index in [0.717, 1.165) is 50.6 Å². The van der Waals surface area contributed by atoms with E-state index in [0.29, 0.717) is 18.1 Å². The van der Waals surface area contributed by atoms with E-state index in [9.17, 15) is 9.59 Å². The second-order valence-electron chi connectivity index (χ2n) is 5.57. The molecule has 0 radical (unpaired) electrons. The molecule has 3 nitrogen and oxygen atoms in total. The van der Waals surface area contributed by atoms with Crippen molar-refractivity contribution in [3.05, 3.63) is 30.3 Å². The number of hydrogen-bond acceptors (Lipinski definition) is 2. The molecule has 0 saturated heterocycles. The standard InChI is InChI=1S/C17H23NO2/c19-16-12-7-9-14(16)8-3-1-6-13-17(20)18-15-10-4-2-5-11-15/h2,4-5,10-11,14H,1,3,6-9,12-13H2,(H,18,20)/t14-/m0/s1. The lowest BCUT2D eigenvalue weighted by Crippen LogP contribution is -2.11. The molecule has 108 valence electrons. The van der Waals surface area contributed by atoms with E-state index in [1.54, 1.807) is 0 Å². The molecule has 0 aromatic heterocycles. The summed E-state index contributed by atoms with van der Waals surface area (Å²) in [5.74, 6) is 0.841. The van der Waals surface area contributed by atoms with Gasteiger partial charge in [0.05, 0.1) is 0 Å². The highest BCUT2D eigenvalue weighted by Crippen LogP contribution is 2.26. The second kappa shape index (κ2) is 7.83. The Morgan fingerprint density at radius 3 is 2.65 bits per heavy atom. The van der Waals surface area contributed by atoms with Crippen LogP contribution in [0.25, 0.3) is 0 Å². The summed E-state index contributed by atoms with van der Waals surface area (Å²) in [4.78, 5) is 23.2. The van der Waals surface area contributed by atoms with Crippen LogP contribution in [0, 0.1) is 5.92 Å². The average Bonchev–Trinajstić information content (AvgIpc) is 2.85. The van der Waals surface area contributed by atoms with Crippen molar-refractivity contribution in [2.75, 3.05) is 5.32 Å². The SMILES string of the molecule is O=C(CCCCC[C@H]1CCCC1=O)Nc1ccccc1. The number of nitrogens with one attached hydrogen (secondary N) is 1. The minimum absolute atomic E-state index is 0.0770. The number of anilines is 1. The number of carbonyl (C=O) groups is 2. The number of benzene rings is 1. The van der Waals surface area contributed by atoms with Crippen LogP contribution < -0.4 is 5.32 Å². The van der Waals surface area contributed by atoms with Gasteiger partial charge in [-0.1, -0.05) is 31.0 Å². The molecule has 1 amide bonds. The highest BCUT2D eigenvalue weighted by molar-refractivity contribution is 5.90. The third-order valence-corrected chi connectivity index (χ3v) is 3.95. The van der Waals surface area contributed by atoms with Crippen LogP contribution in [0.2, 0.25) is 0 Å². The summed E-state index contributed by atoms with van der Waals surface area (Å²) in [5, 5.41) is 2.89. The average molecular weight is 273 g/mol. The van der Waals surface area contributed by atoms with Gasteiger partial charge in [-0.3, -0.25) is 9.59 Å². The summed E-state index contributed by atoms with van der Waals surface area (Å²) in [5.41, 5.74) is 0.856. The molecule has 1 aromatic rings. The molecule has 0 aliphatic heterocycles. The van der Waals surface area contributed by atoms with Crippen LogP contribution in [-0.2, 0) is 9.59 Å². The molecule has 1 aliphatic rings. The molecule has 1 aromatic carbocycles. The van der Waals surface area contributed by atoms with Gasteiger partial charge in [-0.2, -0.15) is 0 Å². The van der Waals surface area contributed by atoms with Crippen molar-refractivity contribution in [2.45, 2.75) is 51.4 Å². The first-order valence-corrected chi connectivity index (χ1v) is 7.63. The third-order valence-electron chi connectivity index (χ3n) is 3.95. The van der Waals surface area contributed by atoms with Crippen molar-refractivity contribution >= 4 is 17.4 Å². The number of hydrogen-bond donors (Lipinski definition) is 1. The van der Waals surface area contributed by atoms with E-state index in [4.69, 9.17) is 0 Å². The van der Waals surface area contributed by atoms with E-state index in [-0.39, 0.29) is 5.91 Å². The lowest BCUT2D eigenvalue weighted by atomic mass is 9.98. The fourth-order valence-corrected chi connectivity index (χ4v) is 2.79. The van der Waals surface area contributed by atoms with Gasteiger partial charge in [0.25, 0.3) is 0 Å². The zero-order valence-corrected chi connectivity index (χ0v) is 11.9. The third kappa shape index (κ3) is 4.80. The van der Waals surface area contributed by atoms with Gasteiger partial charge in [0.2, 0.25) is 5.91 Å². The van der Waals surface area contributed by atoms with Gasteiger partial charge in [-0.15, -0.1) is 0 Å². The smallest absolute Gasteiger partial charge is 0.224 e. The highest BCUT2D eigenvalue weighted by atomic mass is 16.1. The predicted octanol–water partition coefficient (Wildman–Crippen LogP) is 3.94. The van der Waals surface area contributed by atoms with Gasteiger partial charge < -0.3 is 5.32 Å². The molecular weight excluding hydrogens is 250 g/mol. The normalized spacial score (nSPS) is 18.2. The number of Topliss-reactive ketones (excluding diaryl/α,β-unsaturated/α-hetero) is 1. The fourth-order valence-electron chi connectivity index (χ4n) is 2.79. The second-order valence-corrected chi connectivity index (χ2v) is 5.57. The van der Waals surface area contributed by atoms with Crippen molar-refractivity contribution in [1.82, 2.24) is 0 Å². The molecule has 1 fully saturated rings. The molecule has 1 atom stereocenters. The Morgan fingerprint density at radius 1 is 1.15 bits per heavy atom. The summed E-state index contributed by atoms with van der Waals surface area (Å²) in [7, 11) is 0. The summed E-state index contributed by atoms with van der Waals surface area (Å²) in [6.07, 6.45) is 7.51. The topological polar surface area (TPSA) is 46.2 Å². The van der Waals surface area contributed by atoms with E-state index in [2.05, 4.69) is 5.32 Å². The van der Waals surface area contributed by atoms with Gasteiger partial charge in [-0.25, -0.2) is 0 Å². The van der Waals surface area contributed by atoms with E-state index in [1.807, 2.05) is 30.3 Å². The molecular formula is C17H23NO2. The van der Waals surface area contributed by atoms with Crippen molar-refractivity contribution in [3.8, 4) is 0 Å². The van der Waals surface area contributed by atoms with Gasteiger partial charge in [0.15, 0.2) is 0 Å². The monoisotopic (exact) mass is 273 g/mol. The van der Waals surface area contributed by atoms with Crippen LogP contribution in [0.1, 0.15) is 51.4 Å². The number of ketones is 1. The molecule has 1 saturated carbocycles. The molecule has 1 N–H and O–H groups in total. The first kappa shape index (κ1) is 14.8.